The molecule has 0 radical (unpaired) electrons. The van der Waals surface area contributed by atoms with Crippen LogP contribution in [0.2, 0.25) is 5.02 Å². The molecule has 1 fully saturated rings. The van der Waals surface area contributed by atoms with Crippen LogP contribution in [0.5, 0.6) is 0 Å². The summed E-state index contributed by atoms with van der Waals surface area (Å²) in [6.45, 7) is 0.525. The van der Waals surface area contributed by atoms with E-state index in [-0.39, 0.29) is 61.3 Å². The number of rotatable bonds is 8. The number of alkyl halides is 4. The van der Waals surface area contributed by atoms with Gasteiger partial charge in [0.2, 0.25) is 0 Å². The van der Waals surface area contributed by atoms with Crippen molar-refractivity contribution in [3.63, 3.8) is 0 Å². The van der Waals surface area contributed by atoms with Crippen LogP contribution in [0.25, 0.3) is 10.9 Å². The van der Waals surface area contributed by atoms with Crippen molar-refractivity contribution < 1.29 is 59.2 Å². The maximum absolute atomic E-state index is 14.2. The molecule has 214 valence electrons. The Morgan fingerprint density at radius 3 is 2.25 bits per heavy atom. The van der Waals surface area contributed by atoms with Crippen LogP contribution in [0.4, 0.5) is 37.7 Å². The van der Waals surface area contributed by atoms with E-state index in [0.717, 1.165) is 12.1 Å². The summed E-state index contributed by atoms with van der Waals surface area (Å²) < 4.78 is 110. The largest absolute Gasteiger partial charge is 0.338 e. The van der Waals surface area contributed by atoms with Crippen molar-refractivity contribution in [2.24, 2.45) is 0 Å². The number of halogens is 7. The normalized spacial score (nSPS) is 15.4. The SMILES string of the molecule is Cc1cn(C2CCN(CC(F)(F)C(F)F)CC2)c2c([N+](=O)[O-])cc(S(=O)(=O)Nc3c(F)cc(Cl)cc3F)cc12.[Zn]. The van der Waals surface area contributed by atoms with Crippen LogP contribution in [0.1, 0.15) is 24.4 Å². The quantitative estimate of drug-likeness (QED) is 0.135. The number of non-ortho nitro benzene ring substituents is 1. The van der Waals surface area contributed by atoms with Gasteiger partial charge < -0.3 is 4.57 Å². The third kappa shape index (κ3) is 6.39. The predicted octanol–water partition coefficient (Wildman–Crippen LogP) is 6.13. The van der Waals surface area contributed by atoms with Gasteiger partial charge in [-0.05, 0) is 43.5 Å². The number of aryl methyl sites for hydroxylation is 1. The molecule has 1 aliphatic rings. The fourth-order valence-electron chi connectivity index (χ4n) is 4.65. The van der Waals surface area contributed by atoms with E-state index in [4.69, 9.17) is 11.6 Å². The summed E-state index contributed by atoms with van der Waals surface area (Å²) >= 11 is 5.56. The first kappa shape index (κ1) is 32.1. The molecule has 40 heavy (non-hydrogen) atoms. The van der Waals surface area contributed by atoms with Gasteiger partial charge in [-0.3, -0.25) is 19.7 Å². The first-order valence-corrected chi connectivity index (χ1v) is 13.3. The minimum atomic E-state index is -4.71. The monoisotopic (exact) mass is 662 g/mol. The number of likely N-dealkylation sites (tertiary alicyclic amines) is 1. The molecule has 0 atom stereocenters. The van der Waals surface area contributed by atoms with E-state index in [1.54, 1.807) is 22.4 Å². The Hall–Kier alpha value is -2.42. The molecular weight excluding hydrogens is 643 g/mol. The summed E-state index contributed by atoms with van der Waals surface area (Å²) in [6.07, 6.45) is -1.82. The maximum atomic E-state index is 14.2. The van der Waals surface area contributed by atoms with Crippen LogP contribution < -0.4 is 4.72 Å². The summed E-state index contributed by atoms with van der Waals surface area (Å²) in [6, 6.07) is 2.84. The molecule has 2 heterocycles. The molecule has 17 heteroatoms. The van der Waals surface area contributed by atoms with Crippen LogP contribution in [-0.4, -0.2) is 54.8 Å². The number of hydrogen-bond acceptors (Lipinski definition) is 5. The average molecular weight is 664 g/mol. The molecule has 0 bridgehead atoms. The smallest absolute Gasteiger partial charge is 0.319 e. The predicted molar refractivity (Wildman–Crippen MR) is 131 cm³/mol. The van der Waals surface area contributed by atoms with Crippen LogP contribution in [-0.2, 0) is 29.5 Å². The van der Waals surface area contributed by atoms with Crippen molar-refractivity contribution in [2.75, 3.05) is 24.4 Å². The van der Waals surface area contributed by atoms with Crippen molar-refractivity contribution in [3.05, 3.63) is 62.8 Å². The Labute approximate surface area is 242 Å². The van der Waals surface area contributed by atoms with Crippen molar-refractivity contribution in [2.45, 2.75) is 43.1 Å². The summed E-state index contributed by atoms with van der Waals surface area (Å²) in [5.41, 5.74) is -1.11. The number of fused-ring (bicyclic) bond motifs is 1. The van der Waals surface area contributed by atoms with Gasteiger partial charge in [-0.15, -0.1) is 0 Å². The Kier molecular flexibility index (Phi) is 9.49. The topological polar surface area (TPSA) is 97.5 Å². The van der Waals surface area contributed by atoms with E-state index in [2.05, 4.69) is 0 Å². The van der Waals surface area contributed by atoms with Crippen molar-refractivity contribution in [3.8, 4) is 0 Å². The number of hydrogen-bond donors (Lipinski definition) is 1. The number of nitro groups is 1. The van der Waals surface area contributed by atoms with Gasteiger partial charge in [0.05, 0.1) is 16.4 Å². The van der Waals surface area contributed by atoms with Gasteiger partial charge in [-0.2, -0.15) is 8.78 Å². The number of aromatic nitrogens is 1. The van der Waals surface area contributed by atoms with Crippen molar-refractivity contribution in [1.82, 2.24) is 9.47 Å². The molecule has 0 amide bonds. The number of sulfonamides is 1. The molecule has 3 aromatic rings. The zero-order chi connectivity index (χ0) is 28.9. The third-order valence-corrected chi connectivity index (χ3v) is 8.08. The van der Waals surface area contributed by atoms with Crippen LogP contribution in [0.3, 0.4) is 0 Å². The van der Waals surface area contributed by atoms with Crippen LogP contribution >= 0.6 is 11.6 Å². The zero-order valence-electron chi connectivity index (χ0n) is 20.8. The Morgan fingerprint density at radius 2 is 1.73 bits per heavy atom. The molecule has 0 spiro atoms. The van der Waals surface area contributed by atoms with Gasteiger partial charge in [0, 0.05) is 61.3 Å². The van der Waals surface area contributed by atoms with E-state index in [1.807, 2.05) is 0 Å². The molecule has 1 N–H and O–H groups in total. The second kappa shape index (κ2) is 11.8. The minimum absolute atomic E-state index is 0. The first-order valence-electron chi connectivity index (χ1n) is 11.5. The van der Waals surface area contributed by atoms with E-state index < -0.39 is 67.8 Å². The second-order valence-electron chi connectivity index (χ2n) is 9.23. The minimum Gasteiger partial charge on any atom is -0.338 e. The molecule has 1 aliphatic heterocycles. The molecule has 0 aliphatic carbocycles. The first-order chi connectivity index (χ1) is 18.1. The Bertz CT molecular complexity index is 1520. The van der Waals surface area contributed by atoms with Crippen molar-refractivity contribution in [1.29, 1.82) is 0 Å². The standard InChI is InChI=1S/C23H21ClF6N4O4S.Zn/c1-12-10-33(14-2-4-32(5-3-14)11-23(29,30)22(27)28)21-16(12)8-15(9-19(21)34(35)36)39(37,38)31-20-17(25)6-13(24)7-18(20)26;/h6-10,14,22,31H,2-5,11H2,1H3;. The van der Waals surface area contributed by atoms with E-state index in [0.29, 0.717) is 17.7 Å². The average Bonchev–Trinajstić information content (AvgIpc) is 3.17. The number of anilines is 1. The number of benzene rings is 2. The van der Waals surface area contributed by atoms with Gasteiger partial charge >= 0.3 is 12.3 Å². The summed E-state index contributed by atoms with van der Waals surface area (Å²) in [4.78, 5) is 11.8. The fraction of sp³-hybridized carbons (Fsp3) is 0.391. The molecule has 2 aromatic carbocycles. The summed E-state index contributed by atoms with van der Waals surface area (Å²) in [5, 5.41) is 11.9. The molecule has 4 rings (SSSR count). The van der Waals surface area contributed by atoms with E-state index >= 15 is 0 Å². The van der Waals surface area contributed by atoms with Gasteiger partial charge in [-0.1, -0.05) is 11.6 Å². The molecular formula is C23H21ClF6N4O4SZn. The fourth-order valence-corrected chi connectivity index (χ4v) is 5.96. The number of piperidine rings is 1. The third-order valence-electron chi connectivity index (χ3n) is 6.53. The van der Waals surface area contributed by atoms with Gasteiger partial charge in [0.15, 0.2) is 11.6 Å². The van der Waals surface area contributed by atoms with Crippen LogP contribution in [0, 0.1) is 28.7 Å². The Morgan fingerprint density at radius 1 is 1.15 bits per heavy atom. The zero-order valence-corrected chi connectivity index (χ0v) is 25.4. The molecule has 1 aromatic heterocycles. The van der Waals surface area contributed by atoms with E-state index in [9.17, 15) is 44.9 Å². The molecule has 0 saturated carbocycles. The van der Waals surface area contributed by atoms with Gasteiger partial charge in [0.25, 0.3) is 15.7 Å². The molecule has 0 unspecified atom stereocenters. The maximum Gasteiger partial charge on any atom is 0.319 e. The van der Waals surface area contributed by atoms with Gasteiger partial charge in [0.1, 0.15) is 11.2 Å². The Balaban J connectivity index is 0.00000441. The van der Waals surface area contributed by atoms with Crippen molar-refractivity contribution >= 4 is 43.9 Å². The number of nitrogens with zero attached hydrogens (tertiary/aromatic N) is 3. The summed E-state index contributed by atoms with van der Waals surface area (Å²) in [5.74, 6) is -6.76. The molecule has 1 saturated heterocycles. The van der Waals surface area contributed by atoms with E-state index in [1.165, 1.54) is 4.90 Å². The molecule has 8 nitrogen and oxygen atoms in total. The number of nitrogens with one attached hydrogen (secondary N) is 1. The van der Waals surface area contributed by atoms with Crippen LogP contribution in [0.15, 0.2) is 35.4 Å². The second-order valence-corrected chi connectivity index (χ2v) is 11.4. The number of nitro benzene ring substituents is 1. The van der Waals surface area contributed by atoms with Gasteiger partial charge in [-0.25, -0.2) is 26.0 Å². The summed E-state index contributed by atoms with van der Waals surface area (Å²) in [7, 11) is -4.71.